The van der Waals surface area contributed by atoms with Gasteiger partial charge < -0.3 is 15.5 Å². The number of piperazine rings is 1. The summed E-state index contributed by atoms with van der Waals surface area (Å²) in [5.41, 5.74) is 1.27. The van der Waals surface area contributed by atoms with Crippen LogP contribution in [0.15, 0.2) is 42.6 Å². The Morgan fingerprint density at radius 1 is 1.11 bits per heavy atom. The minimum absolute atomic E-state index is 0.117. The van der Waals surface area contributed by atoms with Gasteiger partial charge in [0.25, 0.3) is 0 Å². The van der Waals surface area contributed by atoms with Crippen LogP contribution in [0.3, 0.4) is 0 Å². The monoisotopic (exact) mass is 486 g/mol. The largest absolute Gasteiger partial charge is 0.353 e. The predicted octanol–water partition coefficient (Wildman–Crippen LogP) is 2.24. The van der Waals surface area contributed by atoms with E-state index in [2.05, 4.69) is 20.6 Å². The number of fused-ring (bicyclic) bond motifs is 2. The summed E-state index contributed by atoms with van der Waals surface area (Å²) in [7, 11) is 0. The van der Waals surface area contributed by atoms with E-state index in [-0.39, 0.29) is 36.5 Å². The molecule has 1 saturated heterocycles. The number of carbonyl (C=O) groups is 2. The molecular weight excluding hydrogens is 463 g/mol. The highest BCUT2D eigenvalue weighted by Crippen LogP contribution is 2.43. The zero-order valence-electron chi connectivity index (χ0n) is 19.7. The molecule has 2 amide bonds. The van der Waals surface area contributed by atoms with Gasteiger partial charge in [0.2, 0.25) is 11.8 Å². The van der Waals surface area contributed by atoms with Crippen LogP contribution >= 0.6 is 0 Å². The van der Waals surface area contributed by atoms with Crippen LogP contribution in [0.4, 0.5) is 16.0 Å². The number of nitrogens with one attached hydrogen (secondary N) is 2. The number of hydrogen-bond acceptors (Lipinski definition) is 7. The standard InChI is InChI=1S/C25H23FN8O2/c1-25(2)18-20(31-24(25)36)29-21(30-23(18)33-11-10-27-17(35)13-33)19-15-7-5-9-28-22(15)34(32-19)12-14-6-3-4-8-16(14)26/h3-9H,10-13H2,1-2H3,(H,27,35)(H,29,30,31,36). The van der Waals surface area contributed by atoms with Gasteiger partial charge in [0.15, 0.2) is 11.5 Å². The molecule has 0 bridgehead atoms. The Balaban J connectivity index is 1.53. The van der Waals surface area contributed by atoms with E-state index < -0.39 is 5.41 Å². The molecule has 2 N–H and O–H groups in total. The number of rotatable bonds is 4. The molecule has 0 spiro atoms. The molecule has 11 heteroatoms. The number of amides is 2. The van der Waals surface area contributed by atoms with Crippen molar-refractivity contribution in [2.24, 2.45) is 0 Å². The summed E-state index contributed by atoms with van der Waals surface area (Å²) in [5, 5.41) is 11.1. The van der Waals surface area contributed by atoms with Gasteiger partial charge in [-0.05, 0) is 32.0 Å². The molecule has 10 nitrogen and oxygen atoms in total. The molecule has 182 valence electrons. The number of benzene rings is 1. The van der Waals surface area contributed by atoms with E-state index in [1.165, 1.54) is 6.07 Å². The molecule has 0 atom stereocenters. The zero-order valence-corrected chi connectivity index (χ0v) is 19.7. The third-order valence-electron chi connectivity index (χ3n) is 6.65. The van der Waals surface area contributed by atoms with E-state index in [9.17, 15) is 14.0 Å². The lowest BCUT2D eigenvalue weighted by Gasteiger charge is -2.31. The Morgan fingerprint density at radius 3 is 2.75 bits per heavy atom. The first-order chi connectivity index (χ1) is 17.3. The van der Waals surface area contributed by atoms with E-state index in [1.54, 1.807) is 35.1 Å². The summed E-state index contributed by atoms with van der Waals surface area (Å²) < 4.78 is 16.0. The highest BCUT2D eigenvalue weighted by Gasteiger charge is 2.44. The second-order valence-corrected chi connectivity index (χ2v) is 9.42. The Labute approximate surface area is 205 Å². The molecular formula is C25H23FN8O2. The van der Waals surface area contributed by atoms with Gasteiger partial charge in [-0.15, -0.1) is 0 Å². The van der Waals surface area contributed by atoms with Crippen molar-refractivity contribution < 1.29 is 14.0 Å². The quantitative estimate of drug-likeness (QED) is 0.454. The van der Waals surface area contributed by atoms with Gasteiger partial charge in [0.1, 0.15) is 23.1 Å². The molecule has 0 aliphatic carbocycles. The number of aromatic nitrogens is 5. The van der Waals surface area contributed by atoms with Crippen molar-refractivity contribution >= 4 is 34.5 Å². The molecule has 5 heterocycles. The Kier molecular flexibility index (Phi) is 4.95. The van der Waals surface area contributed by atoms with Crippen LogP contribution < -0.4 is 15.5 Å². The fourth-order valence-electron chi connectivity index (χ4n) is 4.72. The van der Waals surface area contributed by atoms with Gasteiger partial charge in [-0.25, -0.2) is 24.0 Å². The Hall–Kier alpha value is -4.41. The zero-order chi connectivity index (χ0) is 25.0. The molecule has 1 fully saturated rings. The van der Waals surface area contributed by atoms with E-state index in [1.807, 2.05) is 24.8 Å². The van der Waals surface area contributed by atoms with Crippen molar-refractivity contribution in [2.75, 3.05) is 29.9 Å². The molecule has 2 aliphatic heterocycles. The van der Waals surface area contributed by atoms with Crippen molar-refractivity contribution in [1.82, 2.24) is 30.0 Å². The molecule has 6 rings (SSSR count). The lowest BCUT2D eigenvalue weighted by atomic mass is 9.86. The van der Waals surface area contributed by atoms with Gasteiger partial charge in [0, 0.05) is 24.8 Å². The van der Waals surface area contributed by atoms with Gasteiger partial charge in [0.05, 0.1) is 29.5 Å². The Bertz CT molecular complexity index is 1550. The van der Waals surface area contributed by atoms with E-state index in [0.29, 0.717) is 52.6 Å². The van der Waals surface area contributed by atoms with Crippen LogP contribution in [0.2, 0.25) is 0 Å². The Morgan fingerprint density at radius 2 is 1.94 bits per heavy atom. The fourth-order valence-corrected chi connectivity index (χ4v) is 4.72. The first kappa shape index (κ1) is 22.1. The van der Waals surface area contributed by atoms with Crippen LogP contribution in [0.25, 0.3) is 22.6 Å². The summed E-state index contributed by atoms with van der Waals surface area (Å²) >= 11 is 0. The van der Waals surface area contributed by atoms with Crippen molar-refractivity contribution in [1.29, 1.82) is 0 Å². The van der Waals surface area contributed by atoms with Crippen molar-refractivity contribution in [2.45, 2.75) is 25.8 Å². The second-order valence-electron chi connectivity index (χ2n) is 9.42. The maximum absolute atomic E-state index is 14.4. The summed E-state index contributed by atoms with van der Waals surface area (Å²) in [5.74, 6) is 0.573. The normalized spacial score (nSPS) is 16.7. The van der Waals surface area contributed by atoms with E-state index >= 15 is 0 Å². The topological polar surface area (TPSA) is 118 Å². The van der Waals surface area contributed by atoms with Gasteiger partial charge in [-0.1, -0.05) is 18.2 Å². The van der Waals surface area contributed by atoms with E-state index in [4.69, 9.17) is 10.1 Å². The third kappa shape index (κ3) is 3.46. The highest BCUT2D eigenvalue weighted by molar-refractivity contribution is 6.07. The average Bonchev–Trinajstić information content (AvgIpc) is 3.34. The number of halogens is 1. The molecule has 36 heavy (non-hydrogen) atoms. The second kappa shape index (κ2) is 8.08. The SMILES string of the molecule is CC1(C)C(=O)Nc2nc(-c3nn(Cc4ccccc4F)c4ncccc34)nc(N3CCNC(=O)C3)c21. The number of carbonyl (C=O) groups excluding carboxylic acids is 2. The van der Waals surface area contributed by atoms with Crippen molar-refractivity contribution in [3.63, 3.8) is 0 Å². The number of hydrogen-bond donors (Lipinski definition) is 2. The van der Waals surface area contributed by atoms with Crippen molar-refractivity contribution in [3.05, 3.63) is 59.5 Å². The van der Waals surface area contributed by atoms with Crippen LogP contribution in [0.1, 0.15) is 25.0 Å². The highest BCUT2D eigenvalue weighted by atomic mass is 19.1. The average molecular weight is 487 g/mol. The van der Waals surface area contributed by atoms with Crippen molar-refractivity contribution in [3.8, 4) is 11.5 Å². The van der Waals surface area contributed by atoms with Gasteiger partial charge >= 0.3 is 0 Å². The maximum atomic E-state index is 14.4. The molecule has 0 saturated carbocycles. The maximum Gasteiger partial charge on any atom is 0.239 e. The lowest BCUT2D eigenvalue weighted by molar-refractivity contribution is -0.120. The third-order valence-corrected chi connectivity index (χ3v) is 6.65. The molecule has 2 aliphatic rings. The fraction of sp³-hybridized carbons (Fsp3) is 0.280. The van der Waals surface area contributed by atoms with Crippen LogP contribution in [0, 0.1) is 5.82 Å². The van der Waals surface area contributed by atoms with E-state index in [0.717, 1.165) is 0 Å². The predicted molar refractivity (Wildman–Crippen MR) is 131 cm³/mol. The van der Waals surface area contributed by atoms with Gasteiger partial charge in [-0.3, -0.25) is 9.59 Å². The number of anilines is 2. The summed E-state index contributed by atoms with van der Waals surface area (Å²) in [6, 6.07) is 10.2. The summed E-state index contributed by atoms with van der Waals surface area (Å²) in [4.78, 5) is 40.9. The summed E-state index contributed by atoms with van der Waals surface area (Å²) in [6.07, 6.45) is 1.65. The first-order valence-electron chi connectivity index (χ1n) is 11.6. The smallest absolute Gasteiger partial charge is 0.239 e. The molecule has 0 unspecified atom stereocenters. The first-order valence-corrected chi connectivity index (χ1v) is 11.6. The van der Waals surface area contributed by atoms with Crippen LogP contribution in [-0.4, -0.2) is 56.2 Å². The lowest BCUT2D eigenvalue weighted by Crippen LogP contribution is -2.48. The summed E-state index contributed by atoms with van der Waals surface area (Å²) in [6.45, 7) is 4.94. The molecule has 3 aromatic heterocycles. The number of nitrogens with zero attached hydrogens (tertiary/aromatic N) is 6. The van der Waals surface area contributed by atoms with Crippen LogP contribution in [-0.2, 0) is 21.5 Å². The molecule has 4 aromatic rings. The molecule has 0 radical (unpaired) electrons. The minimum atomic E-state index is -0.870. The van der Waals surface area contributed by atoms with Gasteiger partial charge in [-0.2, -0.15) is 5.10 Å². The minimum Gasteiger partial charge on any atom is -0.353 e. The van der Waals surface area contributed by atoms with Crippen LogP contribution in [0.5, 0.6) is 0 Å². The molecule has 1 aromatic carbocycles. The number of pyridine rings is 1.